The molecule has 65 heavy (non-hydrogen) atoms. The fourth-order valence-electron chi connectivity index (χ4n) is 6.55. The molecule has 0 atom stereocenters. The molecule has 0 heterocycles. The topological polar surface area (TPSA) is 186 Å². The third kappa shape index (κ3) is 14.9. The summed E-state index contributed by atoms with van der Waals surface area (Å²) in [6.45, 7) is -0.203. The zero-order chi connectivity index (χ0) is 45.7. The lowest BCUT2D eigenvalue weighted by molar-refractivity contribution is -0.0870. The Morgan fingerprint density at radius 2 is 0.385 bits per heavy atom. The Balaban J connectivity index is 1.34. The number of ether oxygens (including phenoxy) is 7. The smallest absolute Gasteiger partial charge is 0.119 e. The molecule has 0 aromatic heterocycles. The summed E-state index contributed by atoms with van der Waals surface area (Å²) >= 11 is 0. The van der Waals surface area contributed by atoms with Crippen LogP contribution in [0.4, 0.5) is 0 Å². The first-order valence-corrected chi connectivity index (χ1v) is 21.3. The van der Waals surface area contributed by atoms with Crippen molar-refractivity contribution in [3.63, 3.8) is 0 Å². The van der Waals surface area contributed by atoms with Gasteiger partial charge < -0.3 is 63.8 Å². The highest BCUT2D eigenvalue weighted by molar-refractivity contribution is 5.31. The van der Waals surface area contributed by atoms with Crippen LogP contribution < -0.4 is 28.4 Å². The molecule has 6 rings (SSSR count). The SMILES string of the molecule is OCc1ccc(OCC(COCC(COc2ccc(CO)cc2)(COc2ccc(CO)cc2)COc2ccc(CO)cc2)(COc2ccc(CO)cc2)COc2ccc(CO)cc2)cc1. The van der Waals surface area contributed by atoms with Gasteiger partial charge >= 0.3 is 0 Å². The van der Waals surface area contributed by atoms with E-state index in [1.165, 1.54) is 0 Å². The van der Waals surface area contributed by atoms with Gasteiger partial charge in [0, 0.05) is 0 Å². The zero-order valence-electron chi connectivity index (χ0n) is 36.3. The van der Waals surface area contributed by atoms with E-state index in [0.29, 0.717) is 34.5 Å². The summed E-state index contributed by atoms with van der Waals surface area (Å²) < 4.78 is 45.6. The van der Waals surface area contributed by atoms with Crippen molar-refractivity contribution in [2.75, 3.05) is 52.9 Å². The maximum absolute atomic E-state index is 9.67. The normalized spacial score (nSPS) is 11.5. The van der Waals surface area contributed by atoms with E-state index < -0.39 is 10.8 Å². The van der Waals surface area contributed by atoms with E-state index in [-0.39, 0.29) is 92.5 Å². The maximum Gasteiger partial charge on any atom is 0.119 e. The Kier molecular flexibility index (Phi) is 18.4. The van der Waals surface area contributed by atoms with Gasteiger partial charge in [-0.3, -0.25) is 0 Å². The number of benzene rings is 6. The fourth-order valence-corrected chi connectivity index (χ4v) is 6.55. The molecular formula is C52H58O13. The number of hydrogen-bond donors (Lipinski definition) is 6. The number of aliphatic hydroxyl groups excluding tert-OH is 6. The van der Waals surface area contributed by atoms with E-state index in [1.807, 2.05) is 0 Å². The minimum absolute atomic E-state index is 0.0362. The average molecular weight is 891 g/mol. The van der Waals surface area contributed by atoms with Crippen molar-refractivity contribution in [3.05, 3.63) is 179 Å². The molecule has 0 saturated heterocycles. The van der Waals surface area contributed by atoms with Crippen molar-refractivity contribution in [3.8, 4) is 34.5 Å². The highest BCUT2D eigenvalue weighted by Gasteiger charge is 2.39. The summed E-state index contributed by atoms with van der Waals surface area (Å²) in [5.74, 6) is 3.35. The molecule has 0 aliphatic heterocycles. The number of rotatable bonds is 28. The van der Waals surface area contributed by atoms with E-state index in [4.69, 9.17) is 33.2 Å². The summed E-state index contributed by atoms with van der Waals surface area (Å²) in [6.07, 6.45) is 0. The molecule has 6 aromatic carbocycles. The van der Waals surface area contributed by atoms with Gasteiger partial charge in [0.25, 0.3) is 0 Å². The third-order valence-electron chi connectivity index (χ3n) is 10.7. The standard InChI is InChI=1S/C52H58O13/c53-25-39-1-13-45(14-2-39)60-33-51(34-61-46-15-3-40(26-54)4-16-46,35-62-47-17-5-41(27-55)6-18-47)31-59-32-52(36-63-48-19-7-42(28-56)8-20-48,37-64-49-21-9-43(29-57)10-22-49)38-65-50-23-11-44(30-58)12-24-50/h1-24,53-58H,25-38H2. The first kappa shape index (κ1) is 48.3. The molecule has 0 spiro atoms. The Hall–Kier alpha value is -6.16. The van der Waals surface area contributed by atoms with Gasteiger partial charge in [0.05, 0.1) is 63.7 Å². The van der Waals surface area contributed by atoms with Gasteiger partial charge in [-0.05, 0) is 106 Å². The van der Waals surface area contributed by atoms with E-state index in [0.717, 1.165) is 33.4 Å². The molecule has 0 bridgehead atoms. The fraction of sp³-hybridized carbons (Fsp3) is 0.308. The largest absolute Gasteiger partial charge is 0.493 e. The van der Waals surface area contributed by atoms with Gasteiger partial charge in [0.1, 0.15) is 74.1 Å². The third-order valence-corrected chi connectivity index (χ3v) is 10.7. The minimum Gasteiger partial charge on any atom is -0.493 e. The van der Waals surface area contributed by atoms with Gasteiger partial charge in [-0.15, -0.1) is 0 Å². The molecule has 13 heteroatoms. The molecule has 0 radical (unpaired) electrons. The van der Waals surface area contributed by atoms with E-state index in [9.17, 15) is 30.6 Å². The van der Waals surface area contributed by atoms with Crippen molar-refractivity contribution in [1.29, 1.82) is 0 Å². The second kappa shape index (κ2) is 24.8. The molecule has 6 aromatic rings. The predicted octanol–water partition coefficient (Wildman–Crippen LogP) is 6.40. The van der Waals surface area contributed by atoms with Crippen LogP contribution in [-0.4, -0.2) is 83.5 Å². The minimum atomic E-state index is -0.990. The van der Waals surface area contributed by atoms with E-state index in [2.05, 4.69) is 0 Å². The van der Waals surface area contributed by atoms with Crippen molar-refractivity contribution >= 4 is 0 Å². The Morgan fingerprint density at radius 1 is 0.231 bits per heavy atom. The molecule has 0 amide bonds. The van der Waals surface area contributed by atoms with Gasteiger partial charge in [-0.2, -0.15) is 0 Å². The first-order valence-electron chi connectivity index (χ1n) is 21.3. The lowest BCUT2D eigenvalue weighted by Crippen LogP contribution is -2.48. The zero-order valence-corrected chi connectivity index (χ0v) is 36.3. The molecule has 13 nitrogen and oxygen atoms in total. The van der Waals surface area contributed by atoms with Crippen LogP contribution in [0.25, 0.3) is 0 Å². The van der Waals surface area contributed by atoms with E-state index >= 15 is 0 Å². The number of aliphatic hydroxyl groups is 6. The summed E-state index contributed by atoms with van der Waals surface area (Å²) in [5.41, 5.74) is 2.42. The molecular weight excluding hydrogens is 833 g/mol. The molecule has 0 aliphatic carbocycles. The maximum atomic E-state index is 9.67. The summed E-state index contributed by atoms with van der Waals surface area (Å²) in [7, 11) is 0. The summed E-state index contributed by atoms with van der Waals surface area (Å²) in [5, 5.41) is 58.0. The molecule has 6 N–H and O–H groups in total. The van der Waals surface area contributed by atoms with Crippen LogP contribution in [0, 0.1) is 10.8 Å². The Labute approximate surface area is 379 Å². The quantitative estimate of drug-likeness (QED) is 0.0318. The van der Waals surface area contributed by atoms with Crippen molar-refractivity contribution in [2.24, 2.45) is 10.8 Å². The first-order chi connectivity index (χ1) is 31.8. The highest BCUT2D eigenvalue weighted by Crippen LogP contribution is 2.30. The second-order valence-corrected chi connectivity index (χ2v) is 16.0. The van der Waals surface area contributed by atoms with Gasteiger partial charge in [-0.1, -0.05) is 72.8 Å². The van der Waals surface area contributed by atoms with Crippen LogP contribution >= 0.6 is 0 Å². The van der Waals surface area contributed by atoms with Crippen molar-refractivity contribution in [1.82, 2.24) is 0 Å². The Morgan fingerprint density at radius 3 is 0.523 bits per heavy atom. The summed E-state index contributed by atoms with van der Waals surface area (Å²) in [6, 6.07) is 42.8. The summed E-state index contributed by atoms with van der Waals surface area (Å²) in [4.78, 5) is 0. The van der Waals surface area contributed by atoms with Crippen LogP contribution in [0.1, 0.15) is 33.4 Å². The highest BCUT2D eigenvalue weighted by atomic mass is 16.5. The van der Waals surface area contributed by atoms with Crippen LogP contribution in [0.3, 0.4) is 0 Å². The number of hydrogen-bond acceptors (Lipinski definition) is 13. The molecule has 0 aliphatic rings. The van der Waals surface area contributed by atoms with Crippen LogP contribution in [0.2, 0.25) is 0 Å². The van der Waals surface area contributed by atoms with Gasteiger partial charge in [0.15, 0.2) is 0 Å². The predicted molar refractivity (Wildman–Crippen MR) is 243 cm³/mol. The van der Waals surface area contributed by atoms with Gasteiger partial charge in [0.2, 0.25) is 0 Å². The lowest BCUT2D eigenvalue weighted by Gasteiger charge is -2.36. The molecule has 0 unspecified atom stereocenters. The van der Waals surface area contributed by atoms with Crippen LogP contribution in [-0.2, 0) is 44.4 Å². The lowest BCUT2D eigenvalue weighted by atomic mass is 9.90. The molecule has 0 saturated carbocycles. The van der Waals surface area contributed by atoms with Crippen LogP contribution in [0.5, 0.6) is 34.5 Å². The van der Waals surface area contributed by atoms with E-state index in [1.54, 1.807) is 146 Å². The van der Waals surface area contributed by atoms with Crippen LogP contribution in [0.15, 0.2) is 146 Å². The average Bonchev–Trinajstić information content (AvgIpc) is 3.37. The molecule has 0 fully saturated rings. The second-order valence-electron chi connectivity index (χ2n) is 16.0. The van der Waals surface area contributed by atoms with Gasteiger partial charge in [-0.25, -0.2) is 0 Å². The van der Waals surface area contributed by atoms with Crippen molar-refractivity contribution < 1.29 is 63.8 Å². The molecule has 344 valence electrons. The Bertz CT molecular complexity index is 1830. The monoisotopic (exact) mass is 890 g/mol. The van der Waals surface area contributed by atoms with Crippen molar-refractivity contribution in [2.45, 2.75) is 39.6 Å².